The summed E-state index contributed by atoms with van der Waals surface area (Å²) in [6.45, 7) is 3.09. The number of carboxylic acid groups (broad SMARTS) is 1. The Labute approximate surface area is 125 Å². The van der Waals surface area contributed by atoms with E-state index < -0.39 is 6.09 Å². The van der Waals surface area contributed by atoms with Crippen molar-refractivity contribution in [2.45, 2.75) is 19.3 Å². The van der Waals surface area contributed by atoms with Crippen molar-refractivity contribution < 1.29 is 9.90 Å². The predicted octanol–water partition coefficient (Wildman–Crippen LogP) is 1.71. The van der Waals surface area contributed by atoms with Gasteiger partial charge in [-0.05, 0) is 18.4 Å². The van der Waals surface area contributed by atoms with Gasteiger partial charge in [-0.1, -0.05) is 6.92 Å². The average molecular weight is 300 g/mol. The van der Waals surface area contributed by atoms with Gasteiger partial charge >= 0.3 is 6.09 Å². The lowest BCUT2D eigenvalue weighted by atomic mass is 9.90. The lowest BCUT2D eigenvalue weighted by molar-refractivity contribution is 0.114. The molecule has 2 unspecified atom stereocenters. The Balaban J connectivity index is 1.83. The molecule has 0 saturated carbocycles. The van der Waals surface area contributed by atoms with Gasteiger partial charge in [-0.25, -0.2) is 9.78 Å². The van der Waals surface area contributed by atoms with Crippen molar-refractivity contribution in [3.8, 4) is 0 Å². The molecule has 0 bridgehead atoms. The number of rotatable bonds is 1. The maximum absolute atomic E-state index is 11.3. The van der Waals surface area contributed by atoms with Crippen molar-refractivity contribution in [1.29, 1.82) is 0 Å². The molecule has 2 N–H and O–H groups in total. The Morgan fingerprint density at radius 1 is 1.41 bits per heavy atom. The molecule has 4 rings (SSSR count). The minimum absolute atomic E-state index is 0.0374. The predicted molar refractivity (Wildman–Crippen MR) is 78.8 cm³/mol. The van der Waals surface area contributed by atoms with Gasteiger partial charge in [0, 0.05) is 25.2 Å². The number of likely N-dealkylation sites (tertiary alicyclic amines) is 1. The quantitative estimate of drug-likeness (QED) is 0.712. The van der Waals surface area contributed by atoms with Crippen molar-refractivity contribution in [3.63, 3.8) is 0 Å². The van der Waals surface area contributed by atoms with Crippen molar-refractivity contribution in [3.05, 3.63) is 24.3 Å². The SMILES string of the molecule is CC1CC(c2nnc3cnc4[nH]ccc4n23)CN(C(=O)O)C1. The summed E-state index contributed by atoms with van der Waals surface area (Å²) < 4.78 is 1.97. The molecule has 22 heavy (non-hydrogen) atoms. The largest absolute Gasteiger partial charge is 0.465 e. The number of piperidine rings is 1. The van der Waals surface area contributed by atoms with E-state index in [0.717, 1.165) is 23.4 Å². The van der Waals surface area contributed by atoms with Gasteiger partial charge in [0.25, 0.3) is 0 Å². The van der Waals surface area contributed by atoms with E-state index in [2.05, 4.69) is 27.1 Å². The standard InChI is InChI=1S/C14H16N6O2/c1-8-4-9(7-19(6-8)14(21)22)13-18-17-11-5-16-12-10(20(11)13)2-3-15-12/h2-3,5,8-9,15H,4,6-7H2,1H3,(H,21,22). The Morgan fingerprint density at radius 3 is 3.09 bits per heavy atom. The third-order valence-electron chi connectivity index (χ3n) is 4.26. The summed E-state index contributed by atoms with van der Waals surface area (Å²) in [5, 5.41) is 17.8. The van der Waals surface area contributed by atoms with Crippen LogP contribution in [0.1, 0.15) is 25.1 Å². The molecule has 3 aromatic heterocycles. The van der Waals surface area contributed by atoms with Gasteiger partial charge < -0.3 is 15.0 Å². The molecule has 1 aliphatic rings. The Kier molecular flexibility index (Phi) is 2.78. The van der Waals surface area contributed by atoms with Gasteiger partial charge in [-0.2, -0.15) is 0 Å². The van der Waals surface area contributed by atoms with Gasteiger partial charge in [-0.15, -0.1) is 10.2 Å². The summed E-state index contributed by atoms with van der Waals surface area (Å²) in [6.07, 6.45) is 3.53. The third kappa shape index (κ3) is 1.91. The molecule has 8 nitrogen and oxygen atoms in total. The zero-order valence-corrected chi connectivity index (χ0v) is 12.1. The summed E-state index contributed by atoms with van der Waals surface area (Å²) in [7, 11) is 0. The van der Waals surface area contributed by atoms with E-state index in [1.165, 1.54) is 4.90 Å². The van der Waals surface area contributed by atoms with E-state index in [4.69, 9.17) is 0 Å². The van der Waals surface area contributed by atoms with Crippen LogP contribution in [0.2, 0.25) is 0 Å². The Hall–Kier alpha value is -2.64. The second-order valence-corrected chi connectivity index (χ2v) is 5.95. The molecule has 4 heterocycles. The molecule has 0 radical (unpaired) electrons. The number of hydrogen-bond donors (Lipinski definition) is 2. The third-order valence-corrected chi connectivity index (χ3v) is 4.26. The van der Waals surface area contributed by atoms with E-state index in [1.54, 1.807) is 6.20 Å². The van der Waals surface area contributed by atoms with Crippen LogP contribution in [0.15, 0.2) is 18.5 Å². The summed E-state index contributed by atoms with van der Waals surface area (Å²) in [5.41, 5.74) is 2.37. The minimum atomic E-state index is -0.876. The van der Waals surface area contributed by atoms with Gasteiger partial charge in [0.1, 0.15) is 5.82 Å². The fourth-order valence-corrected chi connectivity index (χ4v) is 3.36. The average Bonchev–Trinajstić information content (AvgIpc) is 3.12. The number of hydrogen-bond acceptors (Lipinski definition) is 4. The number of aromatic amines is 1. The summed E-state index contributed by atoms with van der Waals surface area (Å²) in [6, 6.07) is 1.93. The van der Waals surface area contributed by atoms with Crippen LogP contribution in [-0.2, 0) is 0 Å². The summed E-state index contributed by atoms with van der Waals surface area (Å²) in [4.78, 5) is 20.2. The molecule has 0 aromatic carbocycles. The van der Waals surface area contributed by atoms with E-state index in [-0.39, 0.29) is 5.92 Å². The van der Waals surface area contributed by atoms with Crippen LogP contribution in [0.4, 0.5) is 4.79 Å². The van der Waals surface area contributed by atoms with Crippen LogP contribution in [0.25, 0.3) is 16.8 Å². The number of nitrogens with zero attached hydrogens (tertiary/aromatic N) is 5. The van der Waals surface area contributed by atoms with E-state index in [1.807, 2.05) is 16.7 Å². The summed E-state index contributed by atoms with van der Waals surface area (Å²) >= 11 is 0. The number of amides is 1. The van der Waals surface area contributed by atoms with E-state index >= 15 is 0 Å². The first-order valence-electron chi connectivity index (χ1n) is 7.28. The van der Waals surface area contributed by atoms with Crippen LogP contribution < -0.4 is 0 Å². The maximum atomic E-state index is 11.3. The highest BCUT2D eigenvalue weighted by molar-refractivity contribution is 5.74. The van der Waals surface area contributed by atoms with Crippen LogP contribution in [-0.4, -0.2) is 53.8 Å². The lowest BCUT2D eigenvalue weighted by Gasteiger charge is -2.33. The number of nitrogens with one attached hydrogen (secondary N) is 1. The molecule has 3 aromatic rings. The van der Waals surface area contributed by atoms with Crippen molar-refractivity contribution in [2.75, 3.05) is 13.1 Å². The smallest absolute Gasteiger partial charge is 0.407 e. The van der Waals surface area contributed by atoms with Crippen molar-refractivity contribution >= 4 is 22.9 Å². The second-order valence-electron chi connectivity index (χ2n) is 5.95. The summed E-state index contributed by atoms with van der Waals surface area (Å²) in [5.74, 6) is 1.14. The first-order valence-corrected chi connectivity index (χ1v) is 7.28. The molecule has 1 aliphatic heterocycles. The number of H-pyrrole nitrogens is 1. The Bertz CT molecular complexity index is 853. The number of carbonyl (C=O) groups is 1. The molecule has 0 aliphatic carbocycles. The van der Waals surface area contributed by atoms with Crippen LogP contribution in [0.3, 0.4) is 0 Å². The number of fused-ring (bicyclic) bond motifs is 3. The molecule has 1 fully saturated rings. The van der Waals surface area contributed by atoms with Crippen molar-refractivity contribution in [2.24, 2.45) is 5.92 Å². The first-order chi connectivity index (χ1) is 10.6. The second kappa shape index (κ2) is 4.69. The van der Waals surface area contributed by atoms with Gasteiger partial charge in [0.2, 0.25) is 0 Å². The highest BCUT2D eigenvalue weighted by Crippen LogP contribution is 2.30. The molecule has 0 spiro atoms. The highest BCUT2D eigenvalue weighted by Gasteiger charge is 2.31. The Morgan fingerprint density at radius 2 is 2.27 bits per heavy atom. The first kappa shape index (κ1) is 13.1. The van der Waals surface area contributed by atoms with Crippen LogP contribution >= 0.6 is 0 Å². The lowest BCUT2D eigenvalue weighted by Crippen LogP contribution is -2.42. The van der Waals surface area contributed by atoms with Crippen molar-refractivity contribution in [1.82, 2.24) is 29.5 Å². The van der Waals surface area contributed by atoms with Crippen LogP contribution in [0, 0.1) is 5.92 Å². The fraction of sp³-hybridized carbons (Fsp3) is 0.429. The van der Waals surface area contributed by atoms with Crippen LogP contribution in [0.5, 0.6) is 0 Å². The topological polar surface area (TPSA) is 99.4 Å². The zero-order valence-electron chi connectivity index (χ0n) is 12.1. The number of aromatic nitrogens is 5. The minimum Gasteiger partial charge on any atom is -0.465 e. The molecular formula is C14H16N6O2. The molecule has 8 heteroatoms. The van der Waals surface area contributed by atoms with Gasteiger partial charge in [0.15, 0.2) is 11.3 Å². The maximum Gasteiger partial charge on any atom is 0.407 e. The molecule has 1 amide bonds. The van der Waals surface area contributed by atoms with Gasteiger partial charge in [0.05, 0.1) is 11.7 Å². The molecule has 114 valence electrons. The molecule has 1 saturated heterocycles. The van der Waals surface area contributed by atoms with E-state index in [0.29, 0.717) is 24.7 Å². The normalized spacial score (nSPS) is 22.5. The fourth-order valence-electron chi connectivity index (χ4n) is 3.36. The highest BCUT2D eigenvalue weighted by atomic mass is 16.4. The van der Waals surface area contributed by atoms with E-state index in [9.17, 15) is 9.90 Å². The molecular weight excluding hydrogens is 284 g/mol. The van der Waals surface area contributed by atoms with Gasteiger partial charge in [-0.3, -0.25) is 4.40 Å². The monoisotopic (exact) mass is 300 g/mol. The zero-order chi connectivity index (χ0) is 15.3. The molecule has 2 atom stereocenters.